The number of nitrogens with one attached hydrogen (secondary N) is 1. The van der Waals surface area contributed by atoms with Gasteiger partial charge in [-0.05, 0) is 30.0 Å². The summed E-state index contributed by atoms with van der Waals surface area (Å²) in [5.41, 5.74) is -0.512. The third-order valence-corrected chi connectivity index (χ3v) is 5.17. The van der Waals surface area contributed by atoms with Crippen molar-refractivity contribution in [2.75, 3.05) is 36.0 Å². The van der Waals surface area contributed by atoms with E-state index in [1.54, 1.807) is 11.0 Å². The number of imide groups is 1. The van der Waals surface area contributed by atoms with Gasteiger partial charge in [0.2, 0.25) is 11.9 Å². The molecule has 2 amide bonds. The molecule has 1 N–H and O–H groups in total. The second-order valence-electron chi connectivity index (χ2n) is 6.35. The Kier molecular flexibility index (Phi) is 5.28. The molecule has 2 aromatic rings. The molecule has 0 saturated carbocycles. The Labute approximate surface area is 172 Å². The van der Waals surface area contributed by atoms with Crippen molar-refractivity contribution in [3.8, 4) is 0 Å². The fourth-order valence-corrected chi connectivity index (χ4v) is 3.58. The number of halogens is 3. The Morgan fingerprint density at radius 3 is 2.13 bits per heavy atom. The smallest absolute Gasteiger partial charge is 0.337 e. The van der Waals surface area contributed by atoms with Gasteiger partial charge >= 0.3 is 6.18 Å². The van der Waals surface area contributed by atoms with Crippen LogP contribution in [0.2, 0.25) is 0 Å². The molecule has 2 saturated heterocycles. The van der Waals surface area contributed by atoms with Gasteiger partial charge in [0.25, 0.3) is 11.1 Å². The summed E-state index contributed by atoms with van der Waals surface area (Å²) in [4.78, 5) is 42.9. The first-order chi connectivity index (χ1) is 14.3. The fraction of sp³-hybridized carbons (Fsp3) is 0.294. The van der Waals surface area contributed by atoms with Gasteiger partial charge in [0.05, 0.1) is 10.6 Å². The van der Waals surface area contributed by atoms with Crippen LogP contribution in [0.3, 0.4) is 0 Å². The highest BCUT2D eigenvalue weighted by atomic mass is 32.2. The third kappa shape index (κ3) is 4.35. The highest BCUT2D eigenvalue weighted by Crippen LogP contribution is 2.28. The Hall–Kier alpha value is -3.22. The maximum absolute atomic E-state index is 12.9. The highest BCUT2D eigenvalue weighted by Gasteiger charge is 2.33. The maximum Gasteiger partial charge on any atom is 0.433 e. The monoisotopic (exact) mass is 437 g/mol. The van der Waals surface area contributed by atoms with Crippen molar-refractivity contribution in [3.05, 3.63) is 40.8 Å². The summed E-state index contributed by atoms with van der Waals surface area (Å²) in [6.07, 6.45) is -0.389. The minimum atomic E-state index is -4.53. The van der Waals surface area contributed by atoms with Gasteiger partial charge in [0.1, 0.15) is 5.69 Å². The first kappa shape index (κ1) is 20.1. The van der Waals surface area contributed by atoms with E-state index in [1.165, 1.54) is 12.3 Å². The van der Waals surface area contributed by atoms with Crippen LogP contribution >= 0.6 is 11.8 Å². The van der Waals surface area contributed by atoms with Crippen molar-refractivity contribution in [2.45, 2.75) is 6.18 Å². The molecule has 2 fully saturated rings. The van der Waals surface area contributed by atoms with Gasteiger partial charge in [-0.2, -0.15) is 13.2 Å². The molecule has 0 unspecified atom stereocenters. The van der Waals surface area contributed by atoms with Gasteiger partial charge in [0, 0.05) is 38.6 Å². The SMILES string of the molecule is O=C1NC(=O)/C(=C\c2ccnc(N3CCN(c4nccc(C(F)(F)F)n4)CC3)n2)S1. The van der Waals surface area contributed by atoms with Gasteiger partial charge in [0.15, 0.2) is 0 Å². The molecule has 4 heterocycles. The topological polar surface area (TPSA) is 104 Å². The minimum Gasteiger partial charge on any atom is -0.337 e. The maximum atomic E-state index is 12.9. The molecule has 2 aromatic heterocycles. The zero-order valence-electron chi connectivity index (χ0n) is 15.3. The van der Waals surface area contributed by atoms with Gasteiger partial charge in [-0.15, -0.1) is 0 Å². The second-order valence-corrected chi connectivity index (χ2v) is 7.36. The van der Waals surface area contributed by atoms with Gasteiger partial charge in [-0.1, -0.05) is 0 Å². The van der Waals surface area contributed by atoms with Crippen molar-refractivity contribution in [1.82, 2.24) is 25.3 Å². The summed E-state index contributed by atoms with van der Waals surface area (Å²) in [6.45, 7) is 1.69. The average Bonchev–Trinajstić information content (AvgIpc) is 3.04. The van der Waals surface area contributed by atoms with Crippen LogP contribution in [0.25, 0.3) is 6.08 Å². The van der Waals surface area contributed by atoms with E-state index in [4.69, 9.17) is 0 Å². The van der Waals surface area contributed by atoms with Gasteiger partial charge < -0.3 is 9.80 Å². The van der Waals surface area contributed by atoms with E-state index in [1.807, 2.05) is 4.90 Å². The zero-order valence-corrected chi connectivity index (χ0v) is 16.1. The average molecular weight is 437 g/mol. The zero-order chi connectivity index (χ0) is 21.3. The van der Waals surface area contributed by atoms with Crippen LogP contribution in [-0.2, 0) is 11.0 Å². The molecule has 9 nitrogen and oxygen atoms in total. The van der Waals surface area contributed by atoms with Gasteiger partial charge in [-0.3, -0.25) is 14.9 Å². The lowest BCUT2D eigenvalue weighted by molar-refractivity contribution is -0.141. The second kappa shape index (κ2) is 7.89. The summed E-state index contributed by atoms with van der Waals surface area (Å²) < 4.78 is 38.6. The number of hydrogen-bond acceptors (Lipinski definition) is 9. The summed E-state index contributed by atoms with van der Waals surface area (Å²) in [7, 11) is 0. The lowest BCUT2D eigenvalue weighted by atomic mass is 10.3. The van der Waals surface area contributed by atoms with E-state index in [0.717, 1.165) is 24.0 Å². The predicted octanol–water partition coefficient (Wildman–Crippen LogP) is 1.94. The number of thioether (sulfide) groups is 1. The number of alkyl halides is 3. The lowest BCUT2D eigenvalue weighted by Gasteiger charge is -2.34. The van der Waals surface area contributed by atoms with Crippen LogP contribution in [-0.4, -0.2) is 57.3 Å². The Morgan fingerprint density at radius 1 is 0.967 bits per heavy atom. The fourth-order valence-electron chi connectivity index (χ4n) is 2.92. The molecule has 2 aliphatic heterocycles. The van der Waals surface area contributed by atoms with E-state index in [0.29, 0.717) is 37.8 Å². The molecule has 30 heavy (non-hydrogen) atoms. The molecule has 4 rings (SSSR count). The van der Waals surface area contributed by atoms with E-state index in [2.05, 4.69) is 25.3 Å². The van der Waals surface area contributed by atoms with Crippen molar-refractivity contribution in [1.29, 1.82) is 0 Å². The van der Waals surface area contributed by atoms with Crippen LogP contribution in [0.5, 0.6) is 0 Å². The number of anilines is 2. The molecule has 0 bridgehead atoms. The number of rotatable bonds is 3. The number of carbonyl (C=O) groups excluding carboxylic acids is 2. The Balaban J connectivity index is 1.44. The normalized spacial score (nSPS) is 18.8. The summed E-state index contributed by atoms with van der Waals surface area (Å²) >= 11 is 0.798. The molecular formula is C17H14F3N7O2S. The number of hydrogen-bond donors (Lipinski definition) is 1. The number of carbonyl (C=O) groups is 2. The molecule has 0 radical (unpaired) electrons. The predicted molar refractivity (Wildman–Crippen MR) is 103 cm³/mol. The summed E-state index contributed by atoms with van der Waals surface area (Å²) in [5.74, 6) is -0.0265. The van der Waals surface area contributed by atoms with E-state index >= 15 is 0 Å². The molecule has 0 spiro atoms. The van der Waals surface area contributed by atoms with Crippen LogP contribution in [0.15, 0.2) is 29.4 Å². The Morgan fingerprint density at radius 2 is 1.57 bits per heavy atom. The molecule has 0 atom stereocenters. The molecular weight excluding hydrogens is 423 g/mol. The molecule has 0 aliphatic carbocycles. The molecule has 0 aromatic carbocycles. The van der Waals surface area contributed by atoms with Crippen LogP contribution in [0.4, 0.5) is 29.9 Å². The van der Waals surface area contributed by atoms with Gasteiger partial charge in [-0.25, -0.2) is 19.9 Å². The molecule has 156 valence electrons. The number of aromatic nitrogens is 4. The van der Waals surface area contributed by atoms with Crippen LogP contribution in [0.1, 0.15) is 11.4 Å². The van der Waals surface area contributed by atoms with Crippen molar-refractivity contribution < 1.29 is 22.8 Å². The van der Waals surface area contributed by atoms with Crippen molar-refractivity contribution in [3.63, 3.8) is 0 Å². The molecule has 13 heteroatoms. The van der Waals surface area contributed by atoms with Crippen LogP contribution in [0, 0.1) is 0 Å². The number of piperazine rings is 1. The minimum absolute atomic E-state index is 0.0258. The molecule has 2 aliphatic rings. The quantitative estimate of drug-likeness (QED) is 0.722. The summed E-state index contributed by atoms with van der Waals surface area (Å²) in [6, 6.07) is 2.45. The van der Waals surface area contributed by atoms with E-state index in [-0.39, 0.29) is 10.9 Å². The number of nitrogens with zero attached hydrogens (tertiary/aromatic N) is 6. The lowest BCUT2D eigenvalue weighted by Crippen LogP contribution is -2.47. The van der Waals surface area contributed by atoms with E-state index < -0.39 is 23.0 Å². The highest BCUT2D eigenvalue weighted by molar-refractivity contribution is 8.18. The standard InChI is InChI=1S/C17H14F3N7O2S/c18-17(19,20)12-2-4-22-15(24-12)27-7-5-26(6-8-27)14-21-3-1-10(23-14)9-11-13(28)25-16(29)30-11/h1-4,9H,5-8H2,(H,25,28,29)/b11-9+. The first-order valence-corrected chi connectivity index (χ1v) is 9.59. The Bertz CT molecular complexity index is 1020. The third-order valence-electron chi connectivity index (χ3n) is 4.36. The largest absolute Gasteiger partial charge is 0.433 e. The summed E-state index contributed by atoms with van der Waals surface area (Å²) in [5, 5.41) is 1.74. The van der Waals surface area contributed by atoms with Crippen LogP contribution < -0.4 is 15.1 Å². The van der Waals surface area contributed by atoms with Crippen molar-refractivity contribution >= 4 is 40.9 Å². The van der Waals surface area contributed by atoms with Crippen molar-refractivity contribution in [2.24, 2.45) is 0 Å². The van der Waals surface area contributed by atoms with E-state index in [9.17, 15) is 22.8 Å². The first-order valence-electron chi connectivity index (χ1n) is 8.77. The number of amides is 2.